The topological polar surface area (TPSA) is 25.2 Å². The van der Waals surface area contributed by atoms with Crippen molar-refractivity contribution in [3.63, 3.8) is 0 Å². The Hall–Kier alpha value is -1.28. The summed E-state index contributed by atoms with van der Waals surface area (Å²) in [6.07, 6.45) is 8.53. The molecule has 0 saturated heterocycles. The van der Waals surface area contributed by atoms with E-state index in [-0.39, 0.29) is 0 Å². The molecule has 0 spiro atoms. The van der Waals surface area contributed by atoms with E-state index in [0.717, 1.165) is 31.7 Å². The third-order valence-electron chi connectivity index (χ3n) is 2.57. The van der Waals surface area contributed by atoms with Crippen LogP contribution in [0.2, 0.25) is 0 Å². The van der Waals surface area contributed by atoms with Crippen molar-refractivity contribution in [1.82, 2.24) is 5.32 Å². The van der Waals surface area contributed by atoms with Crippen LogP contribution in [0.5, 0.6) is 0 Å². The van der Waals surface area contributed by atoms with Gasteiger partial charge in [-0.2, -0.15) is 0 Å². The quantitative estimate of drug-likeness (QED) is 0.567. The zero-order valence-electron chi connectivity index (χ0n) is 11.1. The standard InChI is InChI=1S/C15H23NO/c1-13(2)6-4-7-14(3)9-10-16-12-15-8-5-11-17-15/h5-6,8-9,11,16H,4,7,10,12H2,1-3H3/b14-9-. The van der Waals surface area contributed by atoms with Crippen LogP contribution in [0.3, 0.4) is 0 Å². The van der Waals surface area contributed by atoms with Crippen molar-refractivity contribution < 1.29 is 4.42 Å². The molecule has 1 rings (SSSR count). The van der Waals surface area contributed by atoms with Gasteiger partial charge in [0, 0.05) is 6.54 Å². The first-order valence-electron chi connectivity index (χ1n) is 6.20. The van der Waals surface area contributed by atoms with E-state index in [2.05, 4.69) is 38.2 Å². The normalized spacial score (nSPS) is 11.6. The molecule has 0 saturated carbocycles. The Labute approximate surface area is 104 Å². The van der Waals surface area contributed by atoms with E-state index < -0.39 is 0 Å². The van der Waals surface area contributed by atoms with Gasteiger partial charge in [-0.05, 0) is 45.7 Å². The molecule has 0 bridgehead atoms. The molecule has 2 heteroatoms. The van der Waals surface area contributed by atoms with Crippen molar-refractivity contribution in [3.8, 4) is 0 Å². The Morgan fingerprint density at radius 1 is 1.29 bits per heavy atom. The summed E-state index contributed by atoms with van der Waals surface area (Å²) in [6.45, 7) is 8.17. The van der Waals surface area contributed by atoms with Crippen molar-refractivity contribution in [3.05, 3.63) is 47.5 Å². The fourth-order valence-corrected chi connectivity index (χ4v) is 1.55. The molecule has 0 aromatic carbocycles. The molecular weight excluding hydrogens is 210 g/mol. The Morgan fingerprint density at radius 3 is 2.76 bits per heavy atom. The van der Waals surface area contributed by atoms with Gasteiger partial charge >= 0.3 is 0 Å². The van der Waals surface area contributed by atoms with Gasteiger partial charge in [0.2, 0.25) is 0 Å². The van der Waals surface area contributed by atoms with Crippen molar-refractivity contribution >= 4 is 0 Å². The molecular formula is C15H23NO. The van der Waals surface area contributed by atoms with E-state index in [9.17, 15) is 0 Å². The molecule has 17 heavy (non-hydrogen) atoms. The van der Waals surface area contributed by atoms with Gasteiger partial charge in [0.05, 0.1) is 12.8 Å². The van der Waals surface area contributed by atoms with Gasteiger partial charge in [-0.25, -0.2) is 0 Å². The molecule has 1 N–H and O–H groups in total. The van der Waals surface area contributed by atoms with Gasteiger partial charge in [0.15, 0.2) is 0 Å². The lowest BCUT2D eigenvalue weighted by atomic mass is 10.1. The van der Waals surface area contributed by atoms with Crippen LogP contribution in [0, 0.1) is 0 Å². The molecule has 0 fully saturated rings. The lowest BCUT2D eigenvalue weighted by molar-refractivity contribution is 0.490. The zero-order chi connectivity index (χ0) is 12.5. The van der Waals surface area contributed by atoms with Gasteiger partial charge in [0.25, 0.3) is 0 Å². The summed E-state index contributed by atoms with van der Waals surface area (Å²) < 4.78 is 5.24. The lowest BCUT2D eigenvalue weighted by Crippen LogP contribution is -2.12. The molecule has 0 atom stereocenters. The summed E-state index contributed by atoms with van der Waals surface area (Å²) in [5, 5.41) is 3.33. The summed E-state index contributed by atoms with van der Waals surface area (Å²) in [7, 11) is 0. The molecule has 2 nitrogen and oxygen atoms in total. The fraction of sp³-hybridized carbons (Fsp3) is 0.467. The van der Waals surface area contributed by atoms with Crippen molar-refractivity contribution in [2.24, 2.45) is 0 Å². The lowest BCUT2D eigenvalue weighted by Gasteiger charge is -2.01. The van der Waals surface area contributed by atoms with Gasteiger partial charge < -0.3 is 9.73 Å². The SMILES string of the molecule is CC(C)=CCC/C(C)=C\CNCc1ccco1. The molecule has 1 aromatic rings. The van der Waals surface area contributed by atoms with E-state index in [0.29, 0.717) is 0 Å². The number of hydrogen-bond acceptors (Lipinski definition) is 2. The largest absolute Gasteiger partial charge is 0.468 e. The van der Waals surface area contributed by atoms with E-state index in [1.54, 1.807) is 6.26 Å². The van der Waals surface area contributed by atoms with E-state index >= 15 is 0 Å². The highest BCUT2D eigenvalue weighted by atomic mass is 16.3. The summed E-state index contributed by atoms with van der Waals surface area (Å²) in [6, 6.07) is 3.90. The Kier molecular flexibility index (Phi) is 6.41. The second kappa shape index (κ2) is 7.91. The van der Waals surface area contributed by atoms with Crippen LogP contribution in [0.4, 0.5) is 0 Å². The smallest absolute Gasteiger partial charge is 0.117 e. The van der Waals surface area contributed by atoms with Crippen molar-refractivity contribution in [2.45, 2.75) is 40.2 Å². The second-order valence-electron chi connectivity index (χ2n) is 4.58. The van der Waals surface area contributed by atoms with Gasteiger partial charge in [0.1, 0.15) is 5.76 Å². The highest BCUT2D eigenvalue weighted by Crippen LogP contribution is 2.06. The molecule has 0 aliphatic rings. The van der Waals surface area contributed by atoms with E-state index in [1.807, 2.05) is 12.1 Å². The Balaban J connectivity index is 2.13. The predicted molar refractivity (Wildman–Crippen MR) is 72.8 cm³/mol. The monoisotopic (exact) mass is 233 g/mol. The first-order chi connectivity index (χ1) is 8.18. The maximum Gasteiger partial charge on any atom is 0.117 e. The molecule has 1 aromatic heterocycles. The number of allylic oxidation sites excluding steroid dienone is 3. The van der Waals surface area contributed by atoms with Crippen LogP contribution in [-0.4, -0.2) is 6.54 Å². The molecule has 0 radical (unpaired) electrons. The maximum atomic E-state index is 5.24. The summed E-state index contributed by atoms with van der Waals surface area (Å²) >= 11 is 0. The number of nitrogens with one attached hydrogen (secondary N) is 1. The highest BCUT2D eigenvalue weighted by molar-refractivity contribution is 5.03. The molecule has 1 heterocycles. The minimum atomic E-state index is 0.796. The van der Waals surface area contributed by atoms with Gasteiger partial charge in [-0.15, -0.1) is 0 Å². The molecule has 0 unspecified atom stereocenters. The van der Waals surface area contributed by atoms with Crippen molar-refractivity contribution in [1.29, 1.82) is 0 Å². The molecule has 0 aliphatic carbocycles. The Bertz CT molecular complexity index is 356. The van der Waals surface area contributed by atoms with E-state index in [4.69, 9.17) is 4.42 Å². The third-order valence-corrected chi connectivity index (χ3v) is 2.57. The van der Waals surface area contributed by atoms with Crippen LogP contribution in [0.15, 0.2) is 46.1 Å². The molecule has 0 aliphatic heterocycles. The molecule has 0 amide bonds. The van der Waals surface area contributed by atoms with Crippen LogP contribution in [-0.2, 0) is 6.54 Å². The highest BCUT2D eigenvalue weighted by Gasteiger charge is 1.93. The number of rotatable bonds is 7. The average molecular weight is 233 g/mol. The Morgan fingerprint density at radius 2 is 2.12 bits per heavy atom. The first kappa shape index (κ1) is 13.8. The first-order valence-corrected chi connectivity index (χ1v) is 6.20. The predicted octanol–water partition coefficient (Wildman–Crippen LogP) is 4.06. The van der Waals surface area contributed by atoms with Crippen LogP contribution in [0.1, 0.15) is 39.4 Å². The van der Waals surface area contributed by atoms with Crippen molar-refractivity contribution in [2.75, 3.05) is 6.54 Å². The van der Waals surface area contributed by atoms with Crippen LogP contribution in [0.25, 0.3) is 0 Å². The zero-order valence-corrected chi connectivity index (χ0v) is 11.1. The number of furan rings is 1. The molecule has 94 valence electrons. The second-order valence-corrected chi connectivity index (χ2v) is 4.58. The fourth-order valence-electron chi connectivity index (χ4n) is 1.55. The summed E-state index contributed by atoms with van der Waals surface area (Å²) in [5.74, 6) is 0.987. The number of hydrogen-bond donors (Lipinski definition) is 1. The average Bonchev–Trinajstić information content (AvgIpc) is 2.76. The third kappa shape index (κ3) is 6.80. The summed E-state index contributed by atoms with van der Waals surface area (Å²) in [5.41, 5.74) is 2.84. The minimum Gasteiger partial charge on any atom is -0.468 e. The van der Waals surface area contributed by atoms with Crippen LogP contribution >= 0.6 is 0 Å². The minimum absolute atomic E-state index is 0.796. The van der Waals surface area contributed by atoms with Gasteiger partial charge in [-0.1, -0.05) is 23.3 Å². The summed E-state index contributed by atoms with van der Waals surface area (Å²) in [4.78, 5) is 0. The van der Waals surface area contributed by atoms with Gasteiger partial charge in [-0.3, -0.25) is 0 Å². The van der Waals surface area contributed by atoms with Crippen LogP contribution < -0.4 is 5.32 Å². The van der Waals surface area contributed by atoms with E-state index in [1.165, 1.54) is 11.1 Å². The maximum absolute atomic E-state index is 5.24.